The molecule has 0 saturated carbocycles. The maximum atomic E-state index is 11.5. The summed E-state index contributed by atoms with van der Waals surface area (Å²) in [6.07, 6.45) is 2.28. The van der Waals surface area contributed by atoms with E-state index in [1.807, 2.05) is 23.6 Å². The van der Waals surface area contributed by atoms with E-state index in [1.165, 1.54) is 6.33 Å². The molecule has 0 bridgehead atoms. The molecule has 8 heteroatoms. The maximum Gasteiger partial charge on any atom is 0.353 e. The molecule has 1 aliphatic heterocycles. The van der Waals surface area contributed by atoms with Crippen LogP contribution >= 0.6 is 11.8 Å². The molecule has 0 unspecified atom stereocenters. The van der Waals surface area contributed by atoms with Crippen LogP contribution in [0.4, 0.5) is 17.3 Å². The first-order valence-corrected chi connectivity index (χ1v) is 8.05. The van der Waals surface area contributed by atoms with Crippen LogP contribution < -0.4 is 10.2 Å². The van der Waals surface area contributed by atoms with Crippen LogP contribution in [0.5, 0.6) is 0 Å². The lowest BCUT2D eigenvalue weighted by Crippen LogP contribution is -2.43. The highest BCUT2D eigenvalue weighted by Gasteiger charge is 2.33. The van der Waals surface area contributed by atoms with E-state index in [0.717, 1.165) is 25.3 Å². The number of rotatable bonds is 5. The van der Waals surface area contributed by atoms with Crippen molar-refractivity contribution in [1.29, 1.82) is 0 Å². The summed E-state index contributed by atoms with van der Waals surface area (Å²) in [4.78, 5) is 21.3. The summed E-state index contributed by atoms with van der Waals surface area (Å²) in [6, 6.07) is 0. The van der Waals surface area contributed by atoms with E-state index >= 15 is 0 Å². The molecule has 2 rings (SSSR count). The third-order valence-electron chi connectivity index (χ3n) is 3.25. The topological polar surface area (TPSA) is 84.2 Å². The lowest BCUT2D eigenvalue weighted by Gasteiger charge is -2.37. The van der Waals surface area contributed by atoms with Crippen molar-refractivity contribution in [2.75, 3.05) is 35.6 Å². The molecule has 1 aromatic heterocycles. The van der Waals surface area contributed by atoms with Crippen LogP contribution in [-0.4, -0.2) is 45.0 Å². The van der Waals surface area contributed by atoms with Gasteiger partial charge in [0, 0.05) is 30.1 Å². The van der Waals surface area contributed by atoms with Crippen LogP contribution in [0.15, 0.2) is 6.33 Å². The molecule has 2 heterocycles. The highest BCUT2D eigenvalue weighted by atomic mass is 32.2. The zero-order valence-corrected chi connectivity index (χ0v) is 13.4. The number of anilines is 2. The van der Waals surface area contributed by atoms with E-state index < -0.39 is 0 Å². The SMILES string of the molecule is CCCNc1ncnc(N2CCSC(C)(C)C2)c1[N+](=O)[O-]. The number of hydrogen-bond acceptors (Lipinski definition) is 7. The van der Waals surface area contributed by atoms with Crippen molar-refractivity contribution in [3.8, 4) is 0 Å². The summed E-state index contributed by atoms with van der Waals surface area (Å²) in [6.45, 7) is 8.45. The Balaban J connectivity index is 2.36. The van der Waals surface area contributed by atoms with Gasteiger partial charge in [0.25, 0.3) is 0 Å². The highest BCUT2D eigenvalue weighted by molar-refractivity contribution is 8.00. The van der Waals surface area contributed by atoms with Crippen molar-refractivity contribution in [2.24, 2.45) is 0 Å². The summed E-state index contributed by atoms with van der Waals surface area (Å²) in [5, 5.41) is 14.5. The molecule has 116 valence electrons. The average molecular weight is 311 g/mol. The van der Waals surface area contributed by atoms with E-state index in [1.54, 1.807) is 0 Å². The summed E-state index contributed by atoms with van der Waals surface area (Å²) in [5.41, 5.74) is -0.0198. The monoisotopic (exact) mass is 311 g/mol. The lowest BCUT2D eigenvalue weighted by atomic mass is 10.2. The second-order valence-electron chi connectivity index (χ2n) is 5.61. The van der Waals surface area contributed by atoms with Gasteiger partial charge in [-0.15, -0.1) is 0 Å². The molecular formula is C13H21N5O2S. The van der Waals surface area contributed by atoms with Crippen LogP contribution in [0, 0.1) is 10.1 Å². The Bertz CT molecular complexity index is 523. The third-order valence-corrected chi connectivity index (χ3v) is 4.55. The highest BCUT2D eigenvalue weighted by Crippen LogP contribution is 2.37. The summed E-state index contributed by atoms with van der Waals surface area (Å²) in [7, 11) is 0. The molecule has 7 nitrogen and oxygen atoms in total. The molecule has 1 N–H and O–H groups in total. The Morgan fingerprint density at radius 2 is 2.29 bits per heavy atom. The van der Waals surface area contributed by atoms with Crippen molar-refractivity contribution in [3.05, 3.63) is 16.4 Å². The van der Waals surface area contributed by atoms with Gasteiger partial charge >= 0.3 is 5.69 Å². The van der Waals surface area contributed by atoms with Gasteiger partial charge in [-0.2, -0.15) is 11.8 Å². The second kappa shape index (κ2) is 6.46. The number of nitrogens with zero attached hydrogens (tertiary/aromatic N) is 4. The maximum absolute atomic E-state index is 11.5. The zero-order chi connectivity index (χ0) is 15.5. The number of aromatic nitrogens is 2. The van der Waals surface area contributed by atoms with E-state index in [2.05, 4.69) is 29.1 Å². The van der Waals surface area contributed by atoms with E-state index in [9.17, 15) is 10.1 Å². The standard InChI is InChI=1S/C13H21N5O2S/c1-4-5-14-11-10(18(19)20)12(16-9-15-11)17-6-7-21-13(2,3)8-17/h9H,4-8H2,1-3H3,(H,14,15,16). The van der Waals surface area contributed by atoms with Gasteiger partial charge in [-0.05, 0) is 20.3 Å². The molecule has 0 aromatic carbocycles. The Morgan fingerprint density at radius 1 is 1.52 bits per heavy atom. The van der Waals surface area contributed by atoms with Gasteiger partial charge < -0.3 is 10.2 Å². The van der Waals surface area contributed by atoms with Gasteiger partial charge in [0.05, 0.1) is 4.92 Å². The van der Waals surface area contributed by atoms with E-state index in [0.29, 0.717) is 18.2 Å². The first kappa shape index (κ1) is 15.8. The van der Waals surface area contributed by atoms with Crippen LogP contribution in [0.1, 0.15) is 27.2 Å². The van der Waals surface area contributed by atoms with Crippen molar-refractivity contribution in [3.63, 3.8) is 0 Å². The minimum Gasteiger partial charge on any atom is -0.364 e. The fourth-order valence-corrected chi connectivity index (χ4v) is 3.45. The van der Waals surface area contributed by atoms with Crippen molar-refractivity contribution in [1.82, 2.24) is 9.97 Å². The fraction of sp³-hybridized carbons (Fsp3) is 0.692. The van der Waals surface area contributed by atoms with Gasteiger partial charge in [0.2, 0.25) is 11.6 Å². The summed E-state index contributed by atoms with van der Waals surface area (Å²) >= 11 is 1.88. The van der Waals surface area contributed by atoms with Gasteiger partial charge in [0.15, 0.2) is 0 Å². The number of hydrogen-bond donors (Lipinski definition) is 1. The van der Waals surface area contributed by atoms with Gasteiger partial charge in [-0.3, -0.25) is 10.1 Å². The van der Waals surface area contributed by atoms with Crippen LogP contribution in [0.25, 0.3) is 0 Å². The molecular weight excluding hydrogens is 290 g/mol. The normalized spacial score (nSPS) is 17.6. The Morgan fingerprint density at radius 3 is 2.90 bits per heavy atom. The van der Waals surface area contributed by atoms with Crippen molar-refractivity contribution >= 4 is 29.1 Å². The minimum atomic E-state index is -0.387. The number of nitro groups is 1. The van der Waals surface area contributed by atoms with Crippen molar-refractivity contribution < 1.29 is 4.92 Å². The van der Waals surface area contributed by atoms with Gasteiger partial charge in [-0.1, -0.05) is 6.92 Å². The van der Waals surface area contributed by atoms with Crippen LogP contribution in [-0.2, 0) is 0 Å². The fourth-order valence-electron chi connectivity index (χ4n) is 2.34. The molecule has 0 amide bonds. The first-order valence-electron chi connectivity index (χ1n) is 7.07. The molecule has 1 aromatic rings. The average Bonchev–Trinajstić information content (AvgIpc) is 2.43. The first-order chi connectivity index (χ1) is 9.94. The molecule has 0 radical (unpaired) electrons. The van der Waals surface area contributed by atoms with E-state index in [-0.39, 0.29) is 15.4 Å². The van der Waals surface area contributed by atoms with Crippen molar-refractivity contribution in [2.45, 2.75) is 31.9 Å². The molecule has 0 atom stereocenters. The summed E-state index contributed by atoms with van der Waals surface area (Å²) < 4.78 is 0.0636. The Hall–Kier alpha value is -1.57. The molecule has 0 spiro atoms. The smallest absolute Gasteiger partial charge is 0.353 e. The Kier molecular flexibility index (Phi) is 4.87. The molecule has 1 saturated heterocycles. The molecule has 1 aliphatic rings. The van der Waals surface area contributed by atoms with Gasteiger partial charge in [-0.25, -0.2) is 9.97 Å². The predicted molar refractivity (Wildman–Crippen MR) is 86.2 cm³/mol. The predicted octanol–water partition coefficient (Wildman–Crippen LogP) is 2.54. The molecule has 21 heavy (non-hydrogen) atoms. The second-order valence-corrected chi connectivity index (χ2v) is 7.41. The zero-order valence-electron chi connectivity index (χ0n) is 12.6. The molecule has 0 aliphatic carbocycles. The minimum absolute atomic E-state index is 0.0198. The number of nitrogens with one attached hydrogen (secondary N) is 1. The van der Waals surface area contributed by atoms with E-state index in [4.69, 9.17) is 0 Å². The lowest BCUT2D eigenvalue weighted by molar-refractivity contribution is -0.383. The van der Waals surface area contributed by atoms with Gasteiger partial charge in [0.1, 0.15) is 6.33 Å². The quantitative estimate of drug-likeness (QED) is 0.660. The number of thioether (sulfide) groups is 1. The largest absolute Gasteiger partial charge is 0.364 e. The molecule has 1 fully saturated rings. The summed E-state index contributed by atoms with van der Waals surface area (Å²) in [5.74, 6) is 1.66. The Labute approximate surface area is 128 Å². The van der Waals surface area contributed by atoms with Crippen LogP contribution in [0.3, 0.4) is 0 Å². The third kappa shape index (κ3) is 3.75. The van der Waals surface area contributed by atoms with Crippen LogP contribution in [0.2, 0.25) is 0 Å².